The zero-order chi connectivity index (χ0) is 26.1. The smallest absolute Gasteiger partial charge is 0.336 e. The number of dihydropyridines is 1. The van der Waals surface area contributed by atoms with Crippen LogP contribution in [0, 0.1) is 0 Å². The quantitative estimate of drug-likeness (QED) is 0.566. The monoisotopic (exact) mass is 502 g/mol. The standard InChI is InChI=1S/C30H34N2O5/c1-18-27(30(35)37-17-21-9-7-13-32(21)2)28(19-8-6-10-22(33)14-19)29-24(31-18)15-20(16-25(29)34)23-11-4-5-12-26(23)36-3/h4-6,8,10-12,14,20-21,28,31,33H,7,9,13,15-17H2,1-3H3. The number of allylic oxidation sites excluding steroid dienone is 3. The molecule has 3 unspecified atom stereocenters. The number of aromatic hydroxyl groups is 1. The largest absolute Gasteiger partial charge is 0.508 e. The van der Waals surface area contributed by atoms with E-state index in [1.807, 2.05) is 44.3 Å². The Balaban J connectivity index is 1.50. The number of rotatable bonds is 6. The molecule has 1 saturated heterocycles. The average molecular weight is 503 g/mol. The fourth-order valence-electron chi connectivity index (χ4n) is 6.01. The van der Waals surface area contributed by atoms with Crippen LogP contribution in [0.3, 0.4) is 0 Å². The number of para-hydroxylation sites is 1. The van der Waals surface area contributed by atoms with Crippen LogP contribution in [0.15, 0.2) is 71.1 Å². The Kier molecular flexibility index (Phi) is 7.07. The molecule has 0 spiro atoms. The van der Waals surface area contributed by atoms with Crippen LogP contribution in [-0.2, 0) is 14.3 Å². The SMILES string of the molecule is COc1ccccc1C1CC(=O)C2=C(C1)NC(C)=C(C(=O)OCC1CCCN1C)C2c1cccc(O)c1. The molecule has 5 rings (SSSR count). The predicted octanol–water partition coefficient (Wildman–Crippen LogP) is 4.40. The second kappa shape index (κ2) is 10.4. The molecular weight excluding hydrogens is 468 g/mol. The van der Waals surface area contributed by atoms with Crippen molar-refractivity contribution in [1.29, 1.82) is 0 Å². The minimum Gasteiger partial charge on any atom is -0.508 e. The summed E-state index contributed by atoms with van der Waals surface area (Å²) in [5.41, 5.74) is 4.17. The topological polar surface area (TPSA) is 88.1 Å². The average Bonchev–Trinajstić information content (AvgIpc) is 3.30. The van der Waals surface area contributed by atoms with Crippen molar-refractivity contribution in [2.75, 3.05) is 27.3 Å². The molecule has 0 amide bonds. The van der Waals surface area contributed by atoms with Crippen LogP contribution < -0.4 is 10.1 Å². The Morgan fingerprint density at radius 2 is 1.97 bits per heavy atom. The molecule has 2 heterocycles. The van der Waals surface area contributed by atoms with Gasteiger partial charge in [0.15, 0.2) is 5.78 Å². The Labute approximate surface area is 217 Å². The lowest BCUT2D eigenvalue weighted by molar-refractivity contribution is -0.140. The number of ether oxygens (including phenoxy) is 2. The van der Waals surface area contributed by atoms with Crippen molar-refractivity contribution in [2.24, 2.45) is 0 Å². The number of ketones is 1. The van der Waals surface area contributed by atoms with Gasteiger partial charge in [0.1, 0.15) is 18.1 Å². The highest BCUT2D eigenvalue weighted by Crippen LogP contribution is 2.47. The van der Waals surface area contributed by atoms with E-state index in [1.165, 1.54) is 0 Å². The maximum absolute atomic E-state index is 13.8. The Bertz CT molecular complexity index is 1280. The number of benzene rings is 2. The second-order valence-corrected chi connectivity index (χ2v) is 10.2. The number of phenolic OH excluding ortho intramolecular Hbond substituents is 1. The molecule has 1 fully saturated rings. The van der Waals surface area contributed by atoms with Gasteiger partial charge in [0.25, 0.3) is 0 Å². The minimum absolute atomic E-state index is 0.0219. The number of carbonyl (C=O) groups excluding carboxylic acids is 2. The first-order valence-corrected chi connectivity index (χ1v) is 12.9. The number of phenols is 1. The van der Waals surface area contributed by atoms with Crippen LogP contribution in [0.5, 0.6) is 11.5 Å². The Morgan fingerprint density at radius 3 is 2.70 bits per heavy atom. The number of Topliss-reactive ketones (excluding diaryl/α,β-unsaturated/α-hetero) is 1. The molecule has 2 aliphatic heterocycles. The molecule has 1 aliphatic carbocycles. The van der Waals surface area contributed by atoms with Crippen LogP contribution in [0.1, 0.15) is 55.6 Å². The summed E-state index contributed by atoms with van der Waals surface area (Å²) in [4.78, 5) is 29.5. The number of hydrogen-bond acceptors (Lipinski definition) is 7. The van der Waals surface area contributed by atoms with E-state index < -0.39 is 11.9 Å². The number of likely N-dealkylation sites (N-methyl/N-ethyl adjacent to an activating group) is 1. The van der Waals surface area contributed by atoms with Crippen molar-refractivity contribution in [1.82, 2.24) is 10.2 Å². The number of nitrogens with zero attached hydrogens (tertiary/aromatic N) is 1. The fraction of sp³-hybridized carbons (Fsp3) is 0.400. The van der Waals surface area contributed by atoms with Gasteiger partial charge in [-0.25, -0.2) is 4.79 Å². The van der Waals surface area contributed by atoms with E-state index in [4.69, 9.17) is 9.47 Å². The third kappa shape index (κ3) is 4.88. The van der Waals surface area contributed by atoms with Crippen molar-refractivity contribution in [3.63, 3.8) is 0 Å². The molecule has 2 N–H and O–H groups in total. The van der Waals surface area contributed by atoms with Crippen molar-refractivity contribution < 1.29 is 24.2 Å². The molecule has 0 bridgehead atoms. The highest BCUT2D eigenvalue weighted by Gasteiger charge is 2.42. The highest BCUT2D eigenvalue weighted by molar-refractivity contribution is 6.04. The molecule has 37 heavy (non-hydrogen) atoms. The third-order valence-corrected chi connectivity index (χ3v) is 7.91. The first-order valence-electron chi connectivity index (χ1n) is 12.9. The van der Waals surface area contributed by atoms with Crippen molar-refractivity contribution in [2.45, 2.75) is 50.5 Å². The van der Waals surface area contributed by atoms with Crippen LogP contribution in [0.4, 0.5) is 0 Å². The van der Waals surface area contributed by atoms with Crippen molar-refractivity contribution in [3.05, 3.63) is 82.2 Å². The summed E-state index contributed by atoms with van der Waals surface area (Å²) >= 11 is 0. The number of carbonyl (C=O) groups is 2. The maximum atomic E-state index is 13.8. The van der Waals surface area contributed by atoms with Crippen LogP contribution in [-0.4, -0.2) is 55.1 Å². The molecule has 7 heteroatoms. The van der Waals surface area contributed by atoms with Crippen LogP contribution in [0.25, 0.3) is 0 Å². The molecule has 2 aromatic carbocycles. The number of methoxy groups -OCH3 is 1. The summed E-state index contributed by atoms with van der Waals surface area (Å²) in [6, 6.07) is 14.8. The summed E-state index contributed by atoms with van der Waals surface area (Å²) in [5, 5.41) is 13.6. The Morgan fingerprint density at radius 1 is 1.16 bits per heavy atom. The lowest BCUT2D eigenvalue weighted by atomic mass is 9.71. The van der Waals surface area contributed by atoms with E-state index in [1.54, 1.807) is 25.3 Å². The van der Waals surface area contributed by atoms with Gasteiger partial charge in [-0.1, -0.05) is 30.3 Å². The lowest BCUT2D eigenvalue weighted by Gasteiger charge is -2.37. The Hall–Kier alpha value is -3.58. The van der Waals surface area contributed by atoms with Gasteiger partial charge in [-0.2, -0.15) is 0 Å². The lowest BCUT2D eigenvalue weighted by Crippen LogP contribution is -2.37. The predicted molar refractivity (Wildman–Crippen MR) is 140 cm³/mol. The van der Waals surface area contributed by atoms with Gasteiger partial charge in [-0.05, 0) is 69.1 Å². The van der Waals surface area contributed by atoms with E-state index >= 15 is 0 Å². The molecule has 3 aliphatic rings. The number of hydrogen-bond donors (Lipinski definition) is 2. The van der Waals surface area contributed by atoms with Gasteiger partial charge >= 0.3 is 5.97 Å². The van der Waals surface area contributed by atoms with Gasteiger partial charge < -0.3 is 24.8 Å². The zero-order valence-corrected chi connectivity index (χ0v) is 21.6. The van der Waals surface area contributed by atoms with Gasteiger partial charge in [0, 0.05) is 41.3 Å². The summed E-state index contributed by atoms with van der Waals surface area (Å²) in [6.07, 6.45) is 3.01. The number of likely N-dealkylation sites (tertiary alicyclic amines) is 1. The number of nitrogens with one attached hydrogen (secondary N) is 1. The van der Waals surface area contributed by atoms with E-state index in [0.717, 1.165) is 36.4 Å². The third-order valence-electron chi connectivity index (χ3n) is 7.91. The fourth-order valence-corrected chi connectivity index (χ4v) is 6.01. The van der Waals surface area contributed by atoms with E-state index in [2.05, 4.69) is 10.2 Å². The highest BCUT2D eigenvalue weighted by atomic mass is 16.5. The van der Waals surface area contributed by atoms with Gasteiger partial charge in [0.2, 0.25) is 0 Å². The number of esters is 1. The summed E-state index contributed by atoms with van der Waals surface area (Å²) in [6.45, 7) is 3.17. The van der Waals surface area contributed by atoms with E-state index in [0.29, 0.717) is 41.9 Å². The maximum Gasteiger partial charge on any atom is 0.336 e. The van der Waals surface area contributed by atoms with Gasteiger partial charge in [-0.3, -0.25) is 4.79 Å². The molecule has 194 valence electrons. The first-order chi connectivity index (χ1) is 17.9. The van der Waals surface area contributed by atoms with E-state index in [9.17, 15) is 14.7 Å². The summed E-state index contributed by atoms with van der Waals surface area (Å²) in [5.74, 6) is -0.247. The summed E-state index contributed by atoms with van der Waals surface area (Å²) in [7, 11) is 3.68. The van der Waals surface area contributed by atoms with Crippen molar-refractivity contribution in [3.8, 4) is 11.5 Å². The normalized spacial score (nSPS) is 24.1. The van der Waals surface area contributed by atoms with Gasteiger partial charge in [0.05, 0.1) is 12.7 Å². The zero-order valence-electron chi connectivity index (χ0n) is 21.6. The molecule has 7 nitrogen and oxygen atoms in total. The summed E-state index contributed by atoms with van der Waals surface area (Å²) < 4.78 is 11.4. The molecule has 3 atom stereocenters. The van der Waals surface area contributed by atoms with E-state index in [-0.39, 0.29) is 23.5 Å². The molecule has 0 aromatic heterocycles. The van der Waals surface area contributed by atoms with Crippen LogP contribution in [0.2, 0.25) is 0 Å². The van der Waals surface area contributed by atoms with Crippen LogP contribution >= 0.6 is 0 Å². The minimum atomic E-state index is -0.608. The molecule has 2 aromatic rings. The molecule has 0 saturated carbocycles. The molecule has 0 radical (unpaired) electrons. The second-order valence-electron chi connectivity index (χ2n) is 10.2. The molecular formula is C30H34N2O5. The van der Waals surface area contributed by atoms with Gasteiger partial charge in [-0.15, -0.1) is 0 Å². The van der Waals surface area contributed by atoms with Crippen molar-refractivity contribution >= 4 is 11.8 Å². The first kappa shape index (κ1) is 25.1.